The van der Waals surface area contributed by atoms with Gasteiger partial charge in [-0.3, -0.25) is 9.47 Å². The molecule has 2 aromatic heterocycles. The number of nitrogens with zero attached hydrogens (tertiary/aromatic N) is 3. The van der Waals surface area contributed by atoms with Gasteiger partial charge in [-0.25, -0.2) is 14.6 Å². The normalized spacial score (nSPS) is 19.2. The first-order chi connectivity index (χ1) is 9.10. The van der Waals surface area contributed by atoms with Crippen molar-refractivity contribution < 1.29 is 19.1 Å². The van der Waals surface area contributed by atoms with Crippen molar-refractivity contribution >= 4 is 23.0 Å². The van der Waals surface area contributed by atoms with Crippen LogP contribution in [0.4, 0.5) is 10.5 Å². The van der Waals surface area contributed by atoms with Gasteiger partial charge < -0.3 is 14.3 Å². The van der Waals surface area contributed by atoms with Gasteiger partial charge in [0.05, 0.1) is 25.0 Å². The van der Waals surface area contributed by atoms with Crippen molar-refractivity contribution in [2.45, 2.75) is 6.10 Å². The van der Waals surface area contributed by atoms with Crippen molar-refractivity contribution in [2.24, 2.45) is 7.05 Å². The number of aryl methyl sites for hydroxylation is 1. The van der Waals surface area contributed by atoms with Gasteiger partial charge in [0, 0.05) is 13.1 Å². The number of hydrogen-bond acceptors (Lipinski definition) is 6. The first-order valence-corrected chi connectivity index (χ1v) is 5.64. The number of hydrogen-bond donors (Lipinski definition) is 1. The van der Waals surface area contributed by atoms with Gasteiger partial charge in [0.2, 0.25) is 0 Å². The summed E-state index contributed by atoms with van der Waals surface area (Å²) in [4.78, 5) is 28.4. The van der Waals surface area contributed by atoms with E-state index in [1.807, 2.05) is 0 Å². The van der Waals surface area contributed by atoms with Gasteiger partial charge in [0.1, 0.15) is 6.10 Å². The average molecular weight is 265 g/mol. The average Bonchev–Trinajstić information content (AvgIpc) is 2.91. The molecule has 0 spiro atoms. The number of amides is 1. The number of ether oxygens (including phenoxy) is 1. The quantitative estimate of drug-likeness (QED) is 0.810. The molecule has 1 fully saturated rings. The number of cyclic esters (lactones) is 1. The third kappa shape index (κ3) is 1.76. The lowest BCUT2D eigenvalue weighted by molar-refractivity contribution is 0.0963. The molecule has 3 heterocycles. The molecule has 2 aromatic rings. The zero-order valence-electron chi connectivity index (χ0n) is 10.1. The Bertz CT molecular complexity index is 704. The van der Waals surface area contributed by atoms with E-state index in [2.05, 4.69) is 4.98 Å². The molecule has 3 rings (SSSR count). The van der Waals surface area contributed by atoms with Gasteiger partial charge in [-0.2, -0.15) is 0 Å². The highest BCUT2D eigenvalue weighted by Gasteiger charge is 2.32. The molecule has 1 aliphatic rings. The summed E-state index contributed by atoms with van der Waals surface area (Å²) >= 11 is 0. The second-order valence-corrected chi connectivity index (χ2v) is 4.24. The predicted octanol–water partition coefficient (Wildman–Crippen LogP) is -0.156. The van der Waals surface area contributed by atoms with E-state index in [1.54, 1.807) is 13.1 Å². The minimum atomic E-state index is -0.557. The van der Waals surface area contributed by atoms with Gasteiger partial charge >= 0.3 is 11.8 Å². The van der Waals surface area contributed by atoms with Crippen LogP contribution in [-0.2, 0) is 11.8 Å². The Balaban J connectivity index is 2.02. The zero-order valence-corrected chi connectivity index (χ0v) is 10.1. The molecule has 8 nitrogen and oxygen atoms in total. The van der Waals surface area contributed by atoms with Crippen molar-refractivity contribution in [3.8, 4) is 0 Å². The van der Waals surface area contributed by atoms with Crippen LogP contribution in [0.15, 0.2) is 21.5 Å². The zero-order chi connectivity index (χ0) is 13.6. The largest absolute Gasteiger partial charge is 0.441 e. The SMILES string of the molecule is Cn1c(=O)oc2cc(N3CC(CO)OC3=O)cnc21. The van der Waals surface area contributed by atoms with E-state index in [0.29, 0.717) is 16.9 Å². The van der Waals surface area contributed by atoms with Gasteiger partial charge in [-0.1, -0.05) is 0 Å². The molecule has 0 aliphatic carbocycles. The summed E-state index contributed by atoms with van der Waals surface area (Å²) in [6.45, 7) is -0.00206. The Morgan fingerprint density at radius 1 is 1.53 bits per heavy atom. The maximum Gasteiger partial charge on any atom is 0.420 e. The van der Waals surface area contributed by atoms with Crippen LogP contribution in [0.1, 0.15) is 0 Å². The summed E-state index contributed by atoms with van der Waals surface area (Å²) in [5.41, 5.74) is 1.16. The number of aliphatic hydroxyl groups excluding tert-OH is 1. The van der Waals surface area contributed by atoms with Crippen LogP contribution in [-0.4, -0.2) is 40.0 Å². The molecular formula is C11H11N3O5. The minimum absolute atomic E-state index is 0.236. The number of carbonyl (C=O) groups is 1. The number of aliphatic hydroxyl groups is 1. The van der Waals surface area contributed by atoms with Crippen molar-refractivity contribution in [3.05, 3.63) is 22.8 Å². The summed E-state index contributed by atoms with van der Waals surface area (Å²) in [5, 5.41) is 8.98. The summed E-state index contributed by atoms with van der Waals surface area (Å²) in [6.07, 6.45) is 0.350. The summed E-state index contributed by atoms with van der Waals surface area (Å²) < 4.78 is 11.2. The van der Waals surface area contributed by atoms with Crippen molar-refractivity contribution in [1.82, 2.24) is 9.55 Å². The van der Waals surface area contributed by atoms with Crippen LogP contribution in [0.2, 0.25) is 0 Å². The highest BCUT2D eigenvalue weighted by Crippen LogP contribution is 2.23. The van der Waals surface area contributed by atoms with E-state index < -0.39 is 18.0 Å². The third-order valence-corrected chi connectivity index (χ3v) is 3.00. The first-order valence-electron chi connectivity index (χ1n) is 5.64. The fourth-order valence-electron chi connectivity index (χ4n) is 1.98. The number of aromatic nitrogens is 2. The Kier molecular flexibility index (Phi) is 2.53. The summed E-state index contributed by atoms with van der Waals surface area (Å²) in [7, 11) is 1.55. The van der Waals surface area contributed by atoms with Crippen LogP contribution in [0, 0.1) is 0 Å². The molecule has 0 aromatic carbocycles. The lowest BCUT2D eigenvalue weighted by atomic mass is 10.3. The Labute approximate surface area is 106 Å². The smallest absolute Gasteiger partial charge is 0.420 e. The number of rotatable bonds is 2. The number of carbonyl (C=O) groups excluding carboxylic acids is 1. The predicted molar refractivity (Wildman–Crippen MR) is 64.0 cm³/mol. The van der Waals surface area contributed by atoms with E-state index in [4.69, 9.17) is 14.3 Å². The monoisotopic (exact) mass is 265 g/mol. The van der Waals surface area contributed by atoms with Gasteiger partial charge in [-0.15, -0.1) is 0 Å². The first kappa shape index (κ1) is 11.7. The molecule has 1 aliphatic heterocycles. The van der Waals surface area contributed by atoms with E-state index in [0.717, 1.165) is 0 Å². The molecule has 19 heavy (non-hydrogen) atoms. The standard InChI is InChI=1S/C11H11N3O5/c1-13-9-8(19-10(13)16)2-6(3-12-9)14-4-7(5-15)18-11(14)17/h2-3,7,15H,4-5H2,1H3. The second-order valence-electron chi connectivity index (χ2n) is 4.24. The topological polar surface area (TPSA) is 97.8 Å². The fourth-order valence-corrected chi connectivity index (χ4v) is 1.98. The number of anilines is 1. The van der Waals surface area contributed by atoms with Gasteiger partial charge in [0.25, 0.3) is 0 Å². The van der Waals surface area contributed by atoms with E-state index in [9.17, 15) is 9.59 Å². The molecule has 8 heteroatoms. The minimum Gasteiger partial charge on any atom is -0.441 e. The Hall–Kier alpha value is -2.35. The third-order valence-electron chi connectivity index (χ3n) is 3.00. The molecule has 0 bridgehead atoms. The van der Waals surface area contributed by atoms with Crippen LogP contribution < -0.4 is 10.7 Å². The molecule has 1 unspecified atom stereocenters. The van der Waals surface area contributed by atoms with Crippen LogP contribution in [0.3, 0.4) is 0 Å². The lowest BCUT2D eigenvalue weighted by Gasteiger charge is -2.11. The van der Waals surface area contributed by atoms with Crippen molar-refractivity contribution in [2.75, 3.05) is 18.1 Å². The van der Waals surface area contributed by atoms with Crippen LogP contribution in [0.25, 0.3) is 11.2 Å². The highest BCUT2D eigenvalue weighted by atomic mass is 16.6. The van der Waals surface area contributed by atoms with Crippen LogP contribution >= 0.6 is 0 Å². The van der Waals surface area contributed by atoms with Crippen molar-refractivity contribution in [1.29, 1.82) is 0 Å². The molecule has 100 valence electrons. The van der Waals surface area contributed by atoms with E-state index in [-0.39, 0.29) is 13.2 Å². The van der Waals surface area contributed by atoms with E-state index in [1.165, 1.54) is 15.7 Å². The maximum atomic E-state index is 11.6. The van der Waals surface area contributed by atoms with Crippen molar-refractivity contribution in [3.63, 3.8) is 0 Å². The summed E-state index contributed by atoms with van der Waals surface area (Å²) in [6, 6.07) is 1.55. The molecule has 1 atom stereocenters. The fraction of sp³-hybridized carbons (Fsp3) is 0.364. The molecule has 1 amide bonds. The maximum absolute atomic E-state index is 11.6. The second kappa shape index (κ2) is 4.09. The highest BCUT2D eigenvalue weighted by molar-refractivity contribution is 5.91. The molecular weight excluding hydrogens is 254 g/mol. The lowest BCUT2D eigenvalue weighted by Crippen LogP contribution is -2.25. The molecule has 1 N–H and O–H groups in total. The molecule has 1 saturated heterocycles. The Morgan fingerprint density at radius 3 is 3.00 bits per heavy atom. The molecule has 0 saturated carbocycles. The number of oxazole rings is 1. The number of pyridine rings is 1. The van der Waals surface area contributed by atoms with Gasteiger partial charge in [0.15, 0.2) is 11.2 Å². The van der Waals surface area contributed by atoms with E-state index >= 15 is 0 Å². The number of fused-ring (bicyclic) bond motifs is 1. The molecule has 0 radical (unpaired) electrons. The van der Waals surface area contributed by atoms with Gasteiger partial charge in [-0.05, 0) is 0 Å². The van der Waals surface area contributed by atoms with Crippen LogP contribution in [0.5, 0.6) is 0 Å². The summed E-state index contributed by atoms with van der Waals surface area (Å²) in [5.74, 6) is -0.517. The Morgan fingerprint density at radius 2 is 2.32 bits per heavy atom.